The summed E-state index contributed by atoms with van der Waals surface area (Å²) in [5, 5.41) is 0. The van der Waals surface area contributed by atoms with Crippen molar-refractivity contribution in [2.45, 2.75) is 183 Å². The number of hydrogen-bond acceptors (Lipinski definition) is 12. The van der Waals surface area contributed by atoms with E-state index in [2.05, 4.69) is 44.1 Å². The lowest BCUT2D eigenvalue weighted by molar-refractivity contribution is -0.139. The Kier molecular flexibility index (Phi) is 46.2. The molecule has 3 N–H and O–H groups in total. The van der Waals surface area contributed by atoms with E-state index in [4.69, 9.17) is 17.8 Å². The Labute approximate surface area is 330 Å². The van der Waals surface area contributed by atoms with E-state index in [1.807, 2.05) is 6.92 Å². The lowest BCUT2D eigenvalue weighted by Gasteiger charge is -2.05. The number of hydrogen-bond donors (Lipinski definition) is 2. The molecule has 0 rings (SSSR count). The van der Waals surface area contributed by atoms with E-state index in [9.17, 15) is 22.8 Å². The molecule has 0 aromatic rings. The summed E-state index contributed by atoms with van der Waals surface area (Å²) in [4.78, 5) is 33.0. The first-order valence-corrected chi connectivity index (χ1v) is 21.2. The first-order valence-electron chi connectivity index (χ1n) is 19.5. The van der Waals surface area contributed by atoms with Crippen LogP contribution in [0.2, 0.25) is 0 Å². The molecule has 0 atom stereocenters. The molecule has 314 valence electrons. The Balaban J connectivity index is -0.000000379. The first kappa shape index (κ1) is 57.5. The van der Waals surface area contributed by atoms with Gasteiger partial charge in [0.1, 0.15) is 6.26 Å². The van der Waals surface area contributed by atoms with Crippen molar-refractivity contribution in [2.75, 3.05) is 19.8 Å². The molecule has 0 aromatic heterocycles. The fourth-order valence-corrected chi connectivity index (χ4v) is 5.19. The van der Waals surface area contributed by atoms with E-state index in [0.717, 1.165) is 51.2 Å². The Morgan fingerprint density at radius 3 is 1.21 bits per heavy atom. The third kappa shape index (κ3) is 45.9. The predicted octanol–water partition coefficient (Wildman–Crippen LogP) is 11.6. The van der Waals surface area contributed by atoms with Gasteiger partial charge in [-0.25, -0.2) is 22.7 Å². The Morgan fingerprint density at radius 1 is 0.528 bits per heavy atom. The van der Waals surface area contributed by atoms with Crippen molar-refractivity contribution < 1.29 is 44.8 Å². The van der Waals surface area contributed by atoms with Crippen LogP contribution < -0.4 is 6.15 Å². The van der Waals surface area contributed by atoms with Crippen LogP contribution in [-0.4, -0.2) is 46.1 Å². The summed E-state index contributed by atoms with van der Waals surface area (Å²) in [6, 6.07) is 0. The molecule has 0 fully saturated rings. The van der Waals surface area contributed by atoms with Gasteiger partial charge in [-0.1, -0.05) is 156 Å². The maximum Gasteiger partial charge on any atom is 0.399 e. The van der Waals surface area contributed by atoms with E-state index < -0.39 is 28.3 Å². The third-order valence-corrected chi connectivity index (χ3v) is 8.70. The number of thiol groups is 1. The SMILES string of the molecule is C=C(C)C(=O)OC=C(C)C(=O)OCCCCCCCCCCCC.C=C(C)C(=O)OS.CCCCCCCCCCCCOS(=O)(=O)OCCCC.N. The van der Waals surface area contributed by atoms with Crippen molar-refractivity contribution >= 4 is 41.2 Å². The zero-order chi connectivity index (χ0) is 39.9. The molecule has 11 nitrogen and oxygen atoms in total. The highest BCUT2D eigenvalue weighted by Crippen LogP contribution is 2.12. The summed E-state index contributed by atoms with van der Waals surface area (Å²) in [5.74, 6) is -1.47. The molecule has 0 amide bonds. The van der Waals surface area contributed by atoms with Crippen molar-refractivity contribution in [1.29, 1.82) is 0 Å². The highest BCUT2D eigenvalue weighted by Gasteiger charge is 2.11. The van der Waals surface area contributed by atoms with E-state index in [-0.39, 0.29) is 30.5 Å². The molecule has 0 aliphatic rings. The lowest BCUT2D eigenvalue weighted by atomic mass is 10.1. The zero-order valence-electron chi connectivity index (χ0n) is 34.3. The Bertz CT molecular complexity index is 1060. The topological polar surface area (TPSA) is 166 Å². The Hall–Kier alpha value is -2.19. The average molecular weight is 796 g/mol. The van der Waals surface area contributed by atoms with Crippen LogP contribution in [0.1, 0.15) is 183 Å². The Morgan fingerprint density at radius 2 is 0.868 bits per heavy atom. The number of carbonyl (C=O) groups is 3. The highest BCUT2D eigenvalue weighted by molar-refractivity contribution is 7.81. The number of carbonyl (C=O) groups excluding carboxylic acids is 3. The van der Waals surface area contributed by atoms with E-state index in [0.29, 0.717) is 12.2 Å². The van der Waals surface area contributed by atoms with Gasteiger partial charge in [0.05, 0.1) is 25.4 Å². The van der Waals surface area contributed by atoms with Gasteiger partial charge in [0, 0.05) is 24.1 Å². The number of unbranched alkanes of at least 4 members (excludes halogenated alkanes) is 19. The van der Waals surface area contributed by atoms with Gasteiger partial charge in [0.2, 0.25) is 0 Å². The normalized spacial score (nSPS) is 10.8. The molecule has 0 bridgehead atoms. The van der Waals surface area contributed by atoms with Gasteiger partial charge in [-0.3, -0.25) is 0 Å². The van der Waals surface area contributed by atoms with Crippen LogP contribution >= 0.6 is 12.9 Å². The summed E-state index contributed by atoms with van der Waals surface area (Å²) in [6.45, 7) is 18.8. The van der Waals surface area contributed by atoms with Gasteiger partial charge < -0.3 is 19.8 Å². The van der Waals surface area contributed by atoms with Gasteiger partial charge in [0.25, 0.3) is 0 Å². The van der Waals surface area contributed by atoms with Gasteiger partial charge in [0.15, 0.2) is 0 Å². The van der Waals surface area contributed by atoms with Crippen molar-refractivity contribution in [3.05, 3.63) is 36.1 Å². The fourth-order valence-electron chi connectivity index (χ4n) is 4.33. The second kappa shape index (κ2) is 42.6. The minimum absolute atomic E-state index is 0. The van der Waals surface area contributed by atoms with Crippen LogP contribution in [0.4, 0.5) is 0 Å². The summed E-state index contributed by atoms with van der Waals surface area (Å²) < 4.78 is 46.1. The minimum atomic E-state index is -3.76. The largest absolute Gasteiger partial charge is 0.462 e. The average Bonchev–Trinajstić information content (AvgIpc) is 3.11. The molecule has 0 aromatic carbocycles. The molecular weight excluding hydrogens is 719 g/mol. The highest BCUT2D eigenvalue weighted by atomic mass is 32.3. The van der Waals surface area contributed by atoms with Crippen LogP contribution in [0.15, 0.2) is 36.1 Å². The minimum Gasteiger partial charge on any atom is -0.462 e. The number of ether oxygens (including phenoxy) is 2. The van der Waals surface area contributed by atoms with Crippen molar-refractivity contribution in [3.8, 4) is 0 Å². The molecule has 13 heteroatoms. The quantitative estimate of drug-likeness (QED) is 0.0130. The third-order valence-electron chi connectivity index (χ3n) is 7.63. The van der Waals surface area contributed by atoms with Crippen LogP contribution in [0.5, 0.6) is 0 Å². The van der Waals surface area contributed by atoms with Crippen LogP contribution in [0, 0.1) is 0 Å². The molecule has 53 heavy (non-hydrogen) atoms. The molecule has 0 aliphatic carbocycles. The molecule has 0 saturated heterocycles. The summed E-state index contributed by atoms with van der Waals surface area (Å²) in [6.07, 6.45) is 27.4. The first-order chi connectivity index (χ1) is 24.8. The zero-order valence-corrected chi connectivity index (χ0v) is 36.0. The second-order valence-corrected chi connectivity index (χ2v) is 14.5. The monoisotopic (exact) mass is 795 g/mol. The van der Waals surface area contributed by atoms with Crippen molar-refractivity contribution in [2.24, 2.45) is 0 Å². The van der Waals surface area contributed by atoms with Gasteiger partial charge in [-0.2, -0.15) is 8.42 Å². The molecule has 0 saturated carbocycles. The standard InChI is InChI=1S/C20H34O4.C16H34O4S.C4H6O2S.H3N/c1-5-6-7-8-9-10-11-12-13-14-15-23-20(22)18(4)16-24-19(21)17(2)3;1-3-5-7-8-9-10-11-12-13-14-16-20-21(17,18)19-15-6-4-2;1-3(2)4(5)6-7;/h16H,2,5-15H2,1,3-4H3;3-16H2,1-2H3;7H,1H2,2H3;1H3. The van der Waals surface area contributed by atoms with Gasteiger partial charge >= 0.3 is 28.3 Å². The maximum atomic E-state index is 11.7. The second-order valence-electron chi connectivity index (χ2n) is 13.1. The van der Waals surface area contributed by atoms with E-state index in [1.165, 1.54) is 96.3 Å². The number of esters is 2. The van der Waals surface area contributed by atoms with Gasteiger partial charge in [-0.05, 0) is 40.0 Å². The molecule has 0 heterocycles. The molecular formula is C40H77NO10S2. The van der Waals surface area contributed by atoms with Crippen molar-refractivity contribution in [3.63, 3.8) is 0 Å². The van der Waals surface area contributed by atoms with Crippen molar-refractivity contribution in [1.82, 2.24) is 6.15 Å². The van der Waals surface area contributed by atoms with Crippen LogP contribution in [-0.2, 0) is 46.8 Å². The maximum absolute atomic E-state index is 11.7. The van der Waals surface area contributed by atoms with Crippen LogP contribution in [0.3, 0.4) is 0 Å². The molecule has 0 unspecified atom stereocenters. The fraction of sp³-hybridized carbons (Fsp3) is 0.775. The molecule has 0 aliphatic heterocycles. The smallest absolute Gasteiger partial charge is 0.399 e. The number of rotatable bonds is 31. The van der Waals surface area contributed by atoms with E-state index >= 15 is 0 Å². The van der Waals surface area contributed by atoms with Crippen LogP contribution in [0.25, 0.3) is 0 Å². The lowest BCUT2D eigenvalue weighted by Crippen LogP contribution is -2.11. The molecule has 0 spiro atoms. The van der Waals surface area contributed by atoms with Gasteiger partial charge in [-0.15, -0.1) is 0 Å². The predicted molar refractivity (Wildman–Crippen MR) is 220 cm³/mol. The molecule has 0 radical (unpaired) electrons. The summed E-state index contributed by atoms with van der Waals surface area (Å²) >= 11 is 3.24. The summed E-state index contributed by atoms with van der Waals surface area (Å²) in [7, 11) is -3.76. The summed E-state index contributed by atoms with van der Waals surface area (Å²) in [5.41, 5.74) is 0.921. The van der Waals surface area contributed by atoms with E-state index in [1.54, 1.807) is 20.8 Å².